The SMILES string of the molecule is Cn1cc(C2CCN(CCOCCO)CC2)cn1. The van der Waals surface area contributed by atoms with Gasteiger partial charge in [-0.05, 0) is 37.4 Å². The van der Waals surface area contributed by atoms with Crippen LogP contribution in [0.1, 0.15) is 24.3 Å². The lowest BCUT2D eigenvalue weighted by molar-refractivity contribution is 0.0679. The van der Waals surface area contributed by atoms with E-state index in [-0.39, 0.29) is 6.61 Å². The molecule has 18 heavy (non-hydrogen) atoms. The molecule has 0 amide bonds. The maximum Gasteiger partial charge on any atom is 0.0698 e. The number of ether oxygens (including phenoxy) is 1. The molecule has 0 spiro atoms. The summed E-state index contributed by atoms with van der Waals surface area (Å²) >= 11 is 0. The van der Waals surface area contributed by atoms with Gasteiger partial charge < -0.3 is 14.7 Å². The standard InChI is InChI=1S/C13H23N3O2/c1-15-11-13(10-14-15)12-2-4-16(5-3-12)6-8-18-9-7-17/h10-12,17H,2-9H2,1H3. The van der Waals surface area contributed by atoms with E-state index in [0.717, 1.165) is 26.2 Å². The van der Waals surface area contributed by atoms with Crippen molar-refractivity contribution in [3.63, 3.8) is 0 Å². The second-order valence-electron chi connectivity index (χ2n) is 4.90. The van der Waals surface area contributed by atoms with Gasteiger partial charge in [0.2, 0.25) is 0 Å². The van der Waals surface area contributed by atoms with Crippen LogP contribution in [0, 0.1) is 0 Å². The molecule has 1 aromatic heterocycles. The van der Waals surface area contributed by atoms with Crippen LogP contribution < -0.4 is 0 Å². The van der Waals surface area contributed by atoms with Crippen LogP contribution in [0.5, 0.6) is 0 Å². The Balaban J connectivity index is 1.68. The number of aromatic nitrogens is 2. The van der Waals surface area contributed by atoms with Crippen LogP contribution in [-0.4, -0.2) is 59.2 Å². The van der Waals surface area contributed by atoms with Crippen LogP contribution in [0.15, 0.2) is 12.4 Å². The van der Waals surface area contributed by atoms with E-state index in [4.69, 9.17) is 9.84 Å². The normalized spacial score (nSPS) is 18.3. The van der Waals surface area contributed by atoms with Crippen molar-refractivity contribution in [2.75, 3.05) is 39.5 Å². The fourth-order valence-electron chi connectivity index (χ4n) is 2.50. The Morgan fingerprint density at radius 2 is 2.17 bits per heavy atom. The van der Waals surface area contributed by atoms with Gasteiger partial charge in [-0.15, -0.1) is 0 Å². The molecule has 2 rings (SSSR count). The number of nitrogens with zero attached hydrogens (tertiary/aromatic N) is 3. The van der Waals surface area contributed by atoms with E-state index in [1.165, 1.54) is 18.4 Å². The highest BCUT2D eigenvalue weighted by atomic mass is 16.5. The lowest BCUT2D eigenvalue weighted by Crippen LogP contribution is -2.35. The second kappa shape index (κ2) is 6.87. The number of hydrogen-bond acceptors (Lipinski definition) is 4. The summed E-state index contributed by atoms with van der Waals surface area (Å²) in [5, 5.41) is 12.9. The van der Waals surface area contributed by atoms with E-state index < -0.39 is 0 Å². The third-order valence-electron chi connectivity index (χ3n) is 3.57. The number of aryl methyl sites for hydroxylation is 1. The van der Waals surface area contributed by atoms with E-state index in [9.17, 15) is 0 Å². The molecule has 1 aliphatic rings. The van der Waals surface area contributed by atoms with E-state index >= 15 is 0 Å². The Morgan fingerprint density at radius 1 is 1.39 bits per heavy atom. The predicted octanol–water partition coefficient (Wildman–Crippen LogP) is 0.608. The molecule has 0 radical (unpaired) electrons. The van der Waals surface area contributed by atoms with Crippen molar-refractivity contribution in [2.45, 2.75) is 18.8 Å². The average Bonchev–Trinajstić information content (AvgIpc) is 2.82. The Bertz CT molecular complexity index is 346. The van der Waals surface area contributed by atoms with Gasteiger partial charge in [0.1, 0.15) is 0 Å². The smallest absolute Gasteiger partial charge is 0.0698 e. The van der Waals surface area contributed by atoms with Crippen LogP contribution in [-0.2, 0) is 11.8 Å². The lowest BCUT2D eigenvalue weighted by Gasteiger charge is -2.31. The quantitative estimate of drug-likeness (QED) is 0.755. The number of aliphatic hydroxyl groups is 1. The van der Waals surface area contributed by atoms with E-state index in [2.05, 4.69) is 16.2 Å². The van der Waals surface area contributed by atoms with Crippen LogP contribution >= 0.6 is 0 Å². The summed E-state index contributed by atoms with van der Waals surface area (Å²) < 4.78 is 7.17. The van der Waals surface area contributed by atoms with Gasteiger partial charge in [0, 0.05) is 19.8 Å². The third kappa shape index (κ3) is 3.80. The minimum Gasteiger partial charge on any atom is -0.394 e. The molecule has 0 unspecified atom stereocenters. The highest BCUT2D eigenvalue weighted by Crippen LogP contribution is 2.27. The number of rotatable bonds is 6. The number of aliphatic hydroxyl groups excluding tert-OH is 1. The zero-order valence-electron chi connectivity index (χ0n) is 11.1. The summed E-state index contributed by atoms with van der Waals surface area (Å²) in [7, 11) is 1.97. The van der Waals surface area contributed by atoms with Crippen molar-refractivity contribution in [1.29, 1.82) is 0 Å². The van der Waals surface area contributed by atoms with E-state index in [1.54, 1.807) is 0 Å². The number of piperidine rings is 1. The summed E-state index contributed by atoms with van der Waals surface area (Å²) in [6, 6.07) is 0. The van der Waals surface area contributed by atoms with Gasteiger partial charge in [0.25, 0.3) is 0 Å². The first-order valence-corrected chi connectivity index (χ1v) is 6.69. The maximum atomic E-state index is 8.62. The maximum absolute atomic E-state index is 8.62. The van der Waals surface area contributed by atoms with Crippen LogP contribution in [0.25, 0.3) is 0 Å². The molecule has 0 aliphatic carbocycles. The third-order valence-corrected chi connectivity index (χ3v) is 3.57. The van der Waals surface area contributed by atoms with Crippen LogP contribution in [0.3, 0.4) is 0 Å². The first-order valence-electron chi connectivity index (χ1n) is 6.69. The zero-order valence-corrected chi connectivity index (χ0v) is 11.1. The van der Waals surface area contributed by atoms with Gasteiger partial charge in [0.05, 0.1) is 26.0 Å². The van der Waals surface area contributed by atoms with Crippen molar-refractivity contribution in [1.82, 2.24) is 14.7 Å². The molecule has 1 saturated heterocycles. The van der Waals surface area contributed by atoms with Crippen molar-refractivity contribution >= 4 is 0 Å². The molecule has 0 atom stereocenters. The molecule has 2 heterocycles. The molecule has 1 N–H and O–H groups in total. The zero-order chi connectivity index (χ0) is 12.8. The first kappa shape index (κ1) is 13.5. The number of hydrogen-bond donors (Lipinski definition) is 1. The Hall–Kier alpha value is -0.910. The minimum atomic E-state index is 0.114. The Kier molecular flexibility index (Phi) is 5.16. The van der Waals surface area contributed by atoms with Crippen LogP contribution in [0.2, 0.25) is 0 Å². The van der Waals surface area contributed by atoms with Crippen LogP contribution in [0.4, 0.5) is 0 Å². The molecular formula is C13H23N3O2. The van der Waals surface area contributed by atoms with Gasteiger partial charge >= 0.3 is 0 Å². The molecule has 5 heteroatoms. The fourth-order valence-corrected chi connectivity index (χ4v) is 2.50. The Labute approximate surface area is 108 Å². The van der Waals surface area contributed by atoms with Crippen molar-refractivity contribution < 1.29 is 9.84 Å². The molecular weight excluding hydrogens is 230 g/mol. The van der Waals surface area contributed by atoms with Crippen molar-refractivity contribution in [2.24, 2.45) is 7.05 Å². The van der Waals surface area contributed by atoms with Crippen molar-refractivity contribution in [3.8, 4) is 0 Å². The molecule has 0 aromatic carbocycles. The molecule has 5 nitrogen and oxygen atoms in total. The first-order chi connectivity index (χ1) is 8.79. The minimum absolute atomic E-state index is 0.114. The fraction of sp³-hybridized carbons (Fsp3) is 0.769. The summed E-state index contributed by atoms with van der Waals surface area (Å²) in [4.78, 5) is 2.43. The van der Waals surface area contributed by atoms with E-state index in [1.807, 2.05) is 17.9 Å². The van der Waals surface area contributed by atoms with Gasteiger partial charge in [-0.3, -0.25) is 4.68 Å². The van der Waals surface area contributed by atoms with Gasteiger partial charge in [-0.2, -0.15) is 5.10 Å². The highest BCUT2D eigenvalue weighted by molar-refractivity contribution is 5.12. The topological polar surface area (TPSA) is 50.5 Å². The second-order valence-corrected chi connectivity index (χ2v) is 4.90. The molecule has 0 bridgehead atoms. The summed E-state index contributed by atoms with van der Waals surface area (Å²) in [6.07, 6.45) is 6.52. The Morgan fingerprint density at radius 3 is 2.78 bits per heavy atom. The van der Waals surface area contributed by atoms with Gasteiger partial charge in [-0.1, -0.05) is 0 Å². The molecule has 0 saturated carbocycles. The van der Waals surface area contributed by atoms with Crippen molar-refractivity contribution in [3.05, 3.63) is 18.0 Å². The summed E-state index contributed by atoms with van der Waals surface area (Å²) in [5.74, 6) is 0.660. The molecule has 1 aromatic rings. The van der Waals surface area contributed by atoms with Gasteiger partial charge in [-0.25, -0.2) is 0 Å². The van der Waals surface area contributed by atoms with Gasteiger partial charge in [0.15, 0.2) is 0 Å². The summed E-state index contributed by atoms with van der Waals surface area (Å²) in [6.45, 7) is 4.51. The van der Waals surface area contributed by atoms with E-state index in [0.29, 0.717) is 12.5 Å². The average molecular weight is 253 g/mol. The number of likely N-dealkylation sites (tertiary alicyclic amines) is 1. The predicted molar refractivity (Wildman–Crippen MR) is 69.5 cm³/mol. The summed E-state index contributed by atoms with van der Waals surface area (Å²) in [5.41, 5.74) is 1.37. The molecule has 1 fully saturated rings. The molecule has 102 valence electrons. The monoisotopic (exact) mass is 253 g/mol. The molecule has 1 aliphatic heterocycles. The largest absolute Gasteiger partial charge is 0.394 e. The highest BCUT2D eigenvalue weighted by Gasteiger charge is 2.21. The lowest BCUT2D eigenvalue weighted by atomic mass is 9.92.